The van der Waals surface area contributed by atoms with Gasteiger partial charge in [0.15, 0.2) is 11.4 Å². The summed E-state index contributed by atoms with van der Waals surface area (Å²) < 4.78 is 51.3. The highest BCUT2D eigenvalue weighted by molar-refractivity contribution is 6.09. The van der Waals surface area contributed by atoms with Crippen molar-refractivity contribution in [3.8, 4) is 5.88 Å². The van der Waals surface area contributed by atoms with Crippen molar-refractivity contribution in [2.75, 3.05) is 13.7 Å². The molecule has 1 aliphatic carbocycles. The fourth-order valence-electron chi connectivity index (χ4n) is 5.77. The molecule has 2 aromatic heterocycles. The van der Waals surface area contributed by atoms with Gasteiger partial charge in [0.1, 0.15) is 5.71 Å². The van der Waals surface area contributed by atoms with Crippen LogP contribution in [0.15, 0.2) is 17.4 Å². The molecule has 1 atom stereocenters. The van der Waals surface area contributed by atoms with E-state index in [0.29, 0.717) is 30.9 Å². The summed E-state index contributed by atoms with van der Waals surface area (Å²) in [6.45, 7) is 3.88. The molecule has 0 saturated heterocycles. The van der Waals surface area contributed by atoms with Crippen LogP contribution in [0.25, 0.3) is 0 Å². The number of halogens is 3. The molecule has 216 valence electrons. The number of carbonyl (C=O) groups is 2. The van der Waals surface area contributed by atoms with E-state index in [1.165, 1.54) is 4.90 Å². The molecule has 2 N–H and O–H groups in total. The number of amides is 3. The highest BCUT2D eigenvalue weighted by atomic mass is 19.4. The summed E-state index contributed by atoms with van der Waals surface area (Å²) in [7, 11) is 1.54. The lowest BCUT2D eigenvalue weighted by atomic mass is 9.72. The number of nitrogens with one attached hydrogen (secondary N) is 2. The molecule has 0 aromatic carbocycles. The topological polar surface area (TPSA) is 136 Å². The largest absolute Gasteiger partial charge is 0.481 e. The average Bonchev–Trinajstić information content (AvgIpc) is 3.35. The van der Waals surface area contributed by atoms with Crippen LogP contribution in [0.5, 0.6) is 5.88 Å². The highest BCUT2D eigenvalue weighted by Crippen LogP contribution is 2.41. The molecule has 0 unspecified atom stereocenters. The van der Waals surface area contributed by atoms with Crippen molar-refractivity contribution in [1.82, 2.24) is 35.4 Å². The summed E-state index contributed by atoms with van der Waals surface area (Å²) in [5.74, 6) is -0.189. The molecule has 0 radical (unpaired) electrons. The van der Waals surface area contributed by atoms with E-state index in [0.717, 1.165) is 28.5 Å². The molecule has 2 aliphatic heterocycles. The number of rotatable bonds is 5. The predicted octanol–water partition coefficient (Wildman–Crippen LogP) is 3.39. The fraction of sp³-hybridized carbons (Fsp3) is 0.600. The van der Waals surface area contributed by atoms with Gasteiger partial charge in [-0.25, -0.2) is 20.0 Å². The monoisotopic (exact) mass is 564 g/mol. The van der Waals surface area contributed by atoms with Crippen molar-refractivity contribution < 1.29 is 32.2 Å². The van der Waals surface area contributed by atoms with Crippen LogP contribution >= 0.6 is 0 Å². The minimum Gasteiger partial charge on any atom is -0.481 e. The number of carbonyl (C=O) groups excluding carboxylic acids is 2. The molecule has 3 aliphatic rings. The van der Waals surface area contributed by atoms with Crippen LogP contribution in [0.1, 0.15) is 61.8 Å². The van der Waals surface area contributed by atoms with E-state index < -0.39 is 23.7 Å². The fourth-order valence-corrected chi connectivity index (χ4v) is 5.77. The van der Waals surface area contributed by atoms with Crippen molar-refractivity contribution in [2.24, 2.45) is 11.0 Å². The third-order valence-electron chi connectivity index (χ3n) is 7.79. The van der Waals surface area contributed by atoms with Gasteiger partial charge >= 0.3 is 18.3 Å². The first kappa shape index (κ1) is 27.6. The first-order chi connectivity index (χ1) is 19.0. The maximum atomic E-state index is 13.1. The minimum absolute atomic E-state index is 0.0235. The lowest BCUT2D eigenvalue weighted by molar-refractivity contribution is -0.147. The van der Waals surface area contributed by atoms with Crippen LogP contribution in [0, 0.1) is 12.8 Å². The van der Waals surface area contributed by atoms with Gasteiger partial charge in [0.2, 0.25) is 11.7 Å². The van der Waals surface area contributed by atoms with Gasteiger partial charge in [-0.2, -0.15) is 18.3 Å². The SMILES string of the molecule is COc1cc(C)c(C2=NNC(=O)OC23CCC(C[C@H](C)NC(=O)N2CCn4c(nnc4C(F)(F)F)C2)CC3)cn1. The van der Waals surface area contributed by atoms with Gasteiger partial charge in [0.25, 0.3) is 0 Å². The van der Waals surface area contributed by atoms with E-state index in [1.807, 2.05) is 13.8 Å². The first-order valence-electron chi connectivity index (χ1n) is 13.1. The zero-order valence-corrected chi connectivity index (χ0v) is 22.4. The van der Waals surface area contributed by atoms with Crippen molar-refractivity contribution in [3.63, 3.8) is 0 Å². The summed E-state index contributed by atoms with van der Waals surface area (Å²) in [6.07, 6.45) is -0.172. The van der Waals surface area contributed by atoms with Gasteiger partial charge in [-0.3, -0.25) is 0 Å². The Morgan fingerprint density at radius 3 is 2.73 bits per heavy atom. The molecule has 1 fully saturated rings. The Morgan fingerprint density at radius 1 is 1.30 bits per heavy atom. The van der Waals surface area contributed by atoms with Gasteiger partial charge in [0, 0.05) is 37.0 Å². The van der Waals surface area contributed by atoms with Crippen molar-refractivity contribution in [1.29, 1.82) is 0 Å². The molecule has 5 rings (SSSR count). The molecule has 1 saturated carbocycles. The number of aromatic nitrogens is 4. The molecular formula is C25H31F3N8O4. The number of alkyl halides is 3. The van der Waals surface area contributed by atoms with Crippen molar-refractivity contribution in [3.05, 3.63) is 35.0 Å². The van der Waals surface area contributed by atoms with E-state index in [-0.39, 0.29) is 43.4 Å². The zero-order valence-electron chi connectivity index (χ0n) is 22.4. The molecular weight excluding hydrogens is 533 g/mol. The first-order valence-corrected chi connectivity index (χ1v) is 13.1. The summed E-state index contributed by atoms with van der Waals surface area (Å²) in [4.78, 5) is 30.8. The van der Waals surface area contributed by atoms with E-state index >= 15 is 0 Å². The summed E-state index contributed by atoms with van der Waals surface area (Å²) in [5, 5.41) is 14.2. The molecule has 15 heteroatoms. The summed E-state index contributed by atoms with van der Waals surface area (Å²) >= 11 is 0. The van der Waals surface area contributed by atoms with Crippen LogP contribution < -0.4 is 15.5 Å². The number of pyridine rings is 1. The molecule has 4 heterocycles. The van der Waals surface area contributed by atoms with Crippen LogP contribution in [-0.4, -0.2) is 67.8 Å². The van der Waals surface area contributed by atoms with E-state index in [9.17, 15) is 22.8 Å². The van der Waals surface area contributed by atoms with Crippen LogP contribution in [0.3, 0.4) is 0 Å². The molecule has 40 heavy (non-hydrogen) atoms. The Morgan fingerprint density at radius 2 is 2.05 bits per heavy atom. The second-order valence-corrected chi connectivity index (χ2v) is 10.5. The maximum absolute atomic E-state index is 13.1. The smallest absolute Gasteiger partial charge is 0.451 e. The molecule has 0 bridgehead atoms. The Bertz CT molecular complexity index is 1320. The standard InChI is InChI=1S/C25H31F3N8O4/c1-14-10-19(39-3)29-12-17(14)20-24(40-23(38)34-32-20)6-4-16(5-7-24)11-15(2)30-22(37)35-8-9-36-18(13-35)31-33-21(36)25(26,27)28/h10,12,15-16H,4-9,11,13H2,1-3H3,(H,30,37)(H,34,38)/t15-,16?,24?/m0/s1. The Balaban J connectivity index is 1.18. The van der Waals surface area contributed by atoms with Crippen molar-refractivity contribution >= 4 is 17.8 Å². The third kappa shape index (κ3) is 5.41. The number of ether oxygens (including phenoxy) is 2. The van der Waals surface area contributed by atoms with Crippen LogP contribution in [-0.2, 0) is 24.0 Å². The van der Waals surface area contributed by atoms with E-state index in [4.69, 9.17) is 9.47 Å². The zero-order chi connectivity index (χ0) is 28.7. The Labute approximate surface area is 228 Å². The quantitative estimate of drug-likeness (QED) is 0.568. The summed E-state index contributed by atoms with van der Waals surface area (Å²) in [6, 6.07) is 1.28. The predicted molar refractivity (Wildman–Crippen MR) is 134 cm³/mol. The average molecular weight is 565 g/mol. The summed E-state index contributed by atoms with van der Waals surface area (Å²) in [5.41, 5.74) is 3.85. The number of urea groups is 1. The van der Waals surface area contributed by atoms with Crippen molar-refractivity contribution in [2.45, 2.75) is 76.9 Å². The number of methoxy groups -OCH3 is 1. The molecule has 2 aromatic rings. The number of aryl methyl sites for hydroxylation is 1. The second-order valence-electron chi connectivity index (χ2n) is 10.5. The second kappa shape index (κ2) is 10.6. The number of nitrogens with zero attached hydrogens (tertiary/aromatic N) is 6. The molecule has 1 spiro atoms. The molecule has 3 amide bonds. The van der Waals surface area contributed by atoms with Gasteiger partial charge in [-0.1, -0.05) is 0 Å². The number of hydrazone groups is 1. The Kier molecular flexibility index (Phi) is 7.31. The van der Waals surface area contributed by atoms with Gasteiger partial charge in [-0.05, 0) is 57.4 Å². The van der Waals surface area contributed by atoms with Gasteiger partial charge in [-0.15, -0.1) is 10.2 Å². The number of hydrogen-bond donors (Lipinski definition) is 2. The Hall–Kier alpha value is -3.91. The maximum Gasteiger partial charge on any atom is 0.451 e. The number of fused-ring (bicyclic) bond motifs is 1. The van der Waals surface area contributed by atoms with E-state index in [1.54, 1.807) is 19.4 Å². The lowest BCUT2D eigenvalue weighted by Crippen LogP contribution is -2.53. The minimum atomic E-state index is -4.59. The van der Waals surface area contributed by atoms with E-state index in [2.05, 4.69) is 31.0 Å². The lowest BCUT2D eigenvalue weighted by Gasteiger charge is -2.42. The third-order valence-corrected chi connectivity index (χ3v) is 7.79. The van der Waals surface area contributed by atoms with Gasteiger partial charge in [0.05, 0.1) is 13.7 Å². The van der Waals surface area contributed by atoms with Gasteiger partial charge < -0.3 is 24.3 Å². The van der Waals surface area contributed by atoms with Crippen LogP contribution in [0.2, 0.25) is 0 Å². The van der Waals surface area contributed by atoms with Crippen LogP contribution in [0.4, 0.5) is 22.8 Å². The molecule has 12 nitrogen and oxygen atoms in total. The highest BCUT2D eigenvalue weighted by Gasteiger charge is 2.47. The normalized spacial score (nSPS) is 23.6. The number of hydrogen-bond acceptors (Lipinski definition) is 8.